The Bertz CT molecular complexity index is 666. The molecule has 1 aromatic carbocycles. The van der Waals surface area contributed by atoms with Gasteiger partial charge in [-0.15, -0.1) is 0 Å². The maximum atomic E-state index is 5.87. The number of ether oxygens (including phenoxy) is 1. The number of rotatable bonds is 2. The molecule has 1 aromatic heterocycles. The van der Waals surface area contributed by atoms with Gasteiger partial charge >= 0.3 is 0 Å². The largest absolute Gasteiger partial charge is 0.476 e. The molecule has 0 atom stereocenters. The number of halogens is 1. The normalized spacial score (nSPS) is 19.9. The van der Waals surface area contributed by atoms with Crippen molar-refractivity contribution in [3.05, 3.63) is 58.2 Å². The fraction of sp³-hybridized carbons (Fsp3) is 0.389. The van der Waals surface area contributed by atoms with E-state index in [0.717, 1.165) is 49.6 Å². The van der Waals surface area contributed by atoms with E-state index in [0.29, 0.717) is 0 Å². The van der Waals surface area contributed by atoms with Crippen LogP contribution in [0.2, 0.25) is 0 Å². The Hall–Kier alpha value is -1.39. The summed E-state index contributed by atoms with van der Waals surface area (Å²) in [7, 11) is 0. The minimum atomic E-state index is 0.177. The van der Waals surface area contributed by atoms with Crippen LogP contribution in [0.4, 0.5) is 0 Å². The zero-order valence-electron chi connectivity index (χ0n) is 12.5. The van der Waals surface area contributed by atoms with Crippen LogP contribution in [0.3, 0.4) is 0 Å². The molecule has 4 heteroatoms. The van der Waals surface area contributed by atoms with Gasteiger partial charge in [-0.1, -0.05) is 36.4 Å². The van der Waals surface area contributed by atoms with Gasteiger partial charge in [0.2, 0.25) is 5.88 Å². The van der Waals surface area contributed by atoms with Crippen LogP contribution in [0.25, 0.3) is 0 Å². The highest BCUT2D eigenvalue weighted by Crippen LogP contribution is 2.45. The fourth-order valence-corrected chi connectivity index (χ4v) is 3.90. The van der Waals surface area contributed by atoms with Gasteiger partial charge in [0.15, 0.2) is 0 Å². The number of likely N-dealkylation sites (tertiary alicyclic amines) is 1. The minimum Gasteiger partial charge on any atom is -0.476 e. The highest BCUT2D eigenvalue weighted by atomic mass is 79.9. The number of pyridine rings is 1. The summed E-state index contributed by atoms with van der Waals surface area (Å²) < 4.78 is 6.72. The third-order valence-corrected chi connectivity index (χ3v) is 5.39. The number of hydrogen-bond donors (Lipinski definition) is 0. The number of hydrogen-bond acceptors (Lipinski definition) is 3. The molecule has 1 saturated heterocycles. The smallest absolute Gasteiger partial charge is 0.218 e. The molecule has 22 heavy (non-hydrogen) atoms. The zero-order valence-corrected chi connectivity index (χ0v) is 14.1. The lowest BCUT2D eigenvalue weighted by molar-refractivity contribution is 0.130. The van der Waals surface area contributed by atoms with Gasteiger partial charge < -0.3 is 4.74 Å². The maximum absolute atomic E-state index is 5.87. The Morgan fingerprint density at radius 1 is 1.09 bits per heavy atom. The van der Waals surface area contributed by atoms with Gasteiger partial charge in [-0.05, 0) is 53.5 Å². The van der Waals surface area contributed by atoms with Crippen LogP contribution in [0.15, 0.2) is 47.1 Å². The second kappa shape index (κ2) is 5.67. The third kappa shape index (κ3) is 2.55. The summed E-state index contributed by atoms with van der Waals surface area (Å²) in [5.41, 5.74) is 2.87. The molecule has 1 fully saturated rings. The Balaban J connectivity index is 1.47. The molecule has 0 N–H and O–H groups in total. The molecular weight excluding hydrogens is 340 g/mol. The lowest BCUT2D eigenvalue weighted by atomic mass is 9.75. The number of aromatic nitrogens is 1. The van der Waals surface area contributed by atoms with E-state index in [9.17, 15) is 0 Å². The predicted molar refractivity (Wildman–Crippen MR) is 90.1 cm³/mol. The van der Waals surface area contributed by atoms with Crippen LogP contribution in [-0.4, -0.2) is 29.6 Å². The monoisotopic (exact) mass is 358 g/mol. The highest BCUT2D eigenvalue weighted by Gasteiger charge is 2.43. The van der Waals surface area contributed by atoms with Crippen LogP contribution in [0.5, 0.6) is 5.88 Å². The molecule has 1 spiro atoms. The van der Waals surface area contributed by atoms with E-state index in [1.54, 1.807) is 0 Å². The molecule has 3 nitrogen and oxygen atoms in total. The van der Waals surface area contributed by atoms with Crippen LogP contribution >= 0.6 is 15.9 Å². The Morgan fingerprint density at radius 2 is 1.86 bits per heavy atom. The van der Waals surface area contributed by atoms with Crippen LogP contribution in [0.1, 0.15) is 24.0 Å². The van der Waals surface area contributed by atoms with Gasteiger partial charge in [0.25, 0.3) is 0 Å². The zero-order chi connectivity index (χ0) is 15.0. The highest BCUT2D eigenvalue weighted by molar-refractivity contribution is 9.10. The van der Waals surface area contributed by atoms with E-state index < -0.39 is 0 Å². The van der Waals surface area contributed by atoms with Crippen molar-refractivity contribution in [2.45, 2.75) is 24.8 Å². The van der Waals surface area contributed by atoms with E-state index in [4.69, 9.17) is 4.74 Å². The lowest BCUT2D eigenvalue weighted by Crippen LogP contribution is -2.43. The van der Waals surface area contributed by atoms with Crippen molar-refractivity contribution < 1.29 is 4.74 Å². The second-order valence-corrected chi connectivity index (χ2v) is 7.13. The van der Waals surface area contributed by atoms with Crippen molar-refractivity contribution in [2.24, 2.45) is 0 Å². The first-order valence-electron chi connectivity index (χ1n) is 7.81. The van der Waals surface area contributed by atoms with Gasteiger partial charge in [-0.2, -0.15) is 0 Å². The molecule has 3 heterocycles. The fourth-order valence-electron chi connectivity index (χ4n) is 3.61. The molecule has 0 saturated carbocycles. The maximum Gasteiger partial charge on any atom is 0.218 e. The van der Waals surface area contributed by atoms with E-state index in [-0.39, 0.29) is 5.41 Å². The summed E-state index contributed by atoms with van der Waals surface area (Å²) in [6.45, 7) is 4.07. The molecular formula is C18H19BrN2O. The molecule has 2 aliphatic rings. The Morgan fingerprint density at radius 3 is 2.64 bits per heavy atom. The first-order chi connectivity index (χ1) is 10.8. The topological polar surface area (TPSA) is 25.4 Å². The van der Waals surface area contributed by atoms with Crippen molar-refractivity contribution in [3.63, 3.8) is 0 Å². The first kappa shape index (κ1) is 14.2. The van der Waals surface area contributed by atoms with E-state index in [2.05, 4.69) is 62.2 Å². The number of fused-ring (bicyclic) bond motifs is 2. The summed E-state index contributed by atoms with van der Waals surface area (Å²) in [6.07, 6.45) is 2.30. The molecule has 0 radical (unpaired) electrons. The molecule has 114 valence electrons. The predicted octanol–water partition coefficient (Wildman–Crippen LogP) is 3.77. The summed E-state index contributed by atoms with van der Waals surface area (Å²) in [6, 6.07) is 14.9. The van der Waals surface area contributed by atoms with Gasteiger partial charge in [0.05, 0.1) is 6.61 Å². The van der Waals surface area contributed by atoms with Crippen molar-refractivity contribution in [1.29, 1.82) is 0 Å². The molecule has 0 unspecified atom stereocenters. The molecule has 4 rings (SSSR count). The van der Waals surface area contributed by atoms with Gasteiger partial charge in [-0.25, -0.2) is 4.98 Å². The van der Waals surface area contributed by atoms with Crippen molar-refractivity contribution in [1.82, 2.24) is 9.88 Å². The minimum absolute atomic E-state index is 0.177. The number of nitrogens with zero attached hydrogens (tertiary/aromatic N) is 2. The van der Waals surface area contributed by atoms with Crippen molar-refractivity contribution >= 4 is 15.9 Å². The lowest BCUT2D eigenvalue weighted by Gasteiger charge is -2.38. The van der Waals surface area contributed by atoms with E-state index in [1.165, 1.54) is 11.1 Å². The summed E-state index contributed by atoms with van der Waals surface area (Å²) >= 11 is 3.42. The van der Waals surface area contributed by atoms with Crippen molar-refractivity contribution in [2.75, 3.05) is 19.7 Å². The van der Waals surface area contributed by atoms with E-state index >= 15 is 0 Å². The standard InChI is InChI=1S/C18H19BrN2O/c19-16-7-6-15-17(20-16)22-13-18(15)8-10-21(11-9-18)12-14-4-2-1-3-5-14/h1-7H,8-13H2. The SMILES string of the molecule is Brc1ccc2c(n1)OCC21CCN(Cc2ccccc2)CC1. The first-order valence-corrected chi connectivity index (χ1v) is 8.61. The molecule has 0 amide bonds. The van der Waals surface area contributed by atoms with Crippen LogP contribution < -0.4 is 4.74 Å². The summed E-state index contributed by atoms with van der Waals surface area (Å²) in [5, 5.41) is 0. The second-order valence-electron chi connectivity index (χ2n) is 6.32. The third-order valence-electron chi connectivity index (χ3n) is 4.94. The summed E-state index contributed by atoms with van der Waals surface area (Å²) in [4.78, 5) is 7.02. The average molecular weight is 359 g/mol. The van der Waals surface area contributed by atoms with E-state index in [1.807, 2.05) is 6.07 Å². The molecule has 0 aliphatic carbocycles. The Labute approximate surface area is 139 Å². The Kier molecular flexibility index (Phi) is 3.66. The average Bonchev–Trinajstić information content (AvgIpc) is 2.89. The molecule has 0 bridgehead atoms. The number of piperidine rings is 1. The quantitative estimate of drug-likeness (QED) is 0.764. The van der Waals surface area contributed by atoms with Crippen LogP contribution in [0, 0.1) is 0 Å². The number of benzene rings is 1. The molecule has 2 aliphatic heterocycles. The van der Waals surface area contributed by atoms with Gasteiger partial charge in [0.1, 0.15) is 4.60 Å². The van der Waals surface area contributed by atoms with Gasteiger partial charge in [0, 0.05) is 17.5 Å². The summed E-state index contributed by atoms with van der Waals surface area (Å²) in [5.74, 6) is 0.825. The van der Waals surface area contributed by atoms with Crippen molar-refractivity contribution in [3.8, 4) is 5.88 Å². The van der Waals surface area contributed by atoms with Crippen LogP contribution in [-0.2, 0) is 12.0 Å². The van der Waals surface area contributed by atoms with Gasteiger partial charge in [-0.3, -0.25) is 4.90 Å². The molecule has 2 aromatic rings.